The highest BCUT2D eigenvalue weighted by molar-refractivity contribution is 8.00. The molecule has 0 aliphatic carbocycles. The smallest absolute Gasteiger partial charge is 0.384 e. The van der Waals surface area contributed by atoms with E-state index in [-0.39, 0.29) is 29.9 Å². The summed E-state index contributed by atoms with van der Waals surface area (Å²) >= 11 is -0.0806. The van der Waals surface area contributed by atoms with E-state index in [1.165, 1.54) is 24.3 Å². The third-order valence-electron chi connectivity index (χ3n) is 1.54. The van der Waals surface area contributed by atoms with Gasteiger partial charge in [0.05, 0.1) is 0 Å². The van der Waals surface area contributed by atoms with Gasteiger partial charge in [-0.1, -0.05) is 0 Å². The molecule has 1 rings (SSSR count). The summed E-state index contributed by atoms with van der Waals surface area (Å²) in [6.07, 6.45) is 0. The largest absolute Gasteiger partial charge is 0.441 e. The summed E-state index contributed by atoms with van der Waals surface area (Å²) in [5.74, 6) is -0.439. The van der Waals surface area contributed by atoms with Crippen LogP contribution >= 0.6 is 11.8 Å². The molecule has 1 N–H and O–H groups in total. The summed E-state index contributed by atoms with van der Waals surface area (Å²) in [5, 5.41) is 2.76. The van der Waals surface area contributed by atoms with Crippen molar-refractivity contribution >= 4 is 17.4 Å². The zero-order chi connectivity index (χ0) is 11.3. The van der Waals surface area contributed by atoms with E-state index in [0.717, 1.165) is 0 Å². The molecule has 0 unspecified atom stereocenters. The van der Waals surface area contributed by atoms with E-state index < -0.39 is 5.51 Å². The average Bonchev–Trinajstić information content (AvgIpc) is 2.14. The predicted molar refractivity (Wildman–Crippen MR) is 53.4 cm³/mol. The third-order valence-corrected chi connectivity index (χ3v) is 2.28. The summed E-state index contributed by atoms with van der Waals surface area (Å²) in [6, 6.07) is 5.46. The normalized spacial score (nSPS) is 11.5. The molecule has 0 saturated heterocycles. The maximum Gasteiger partial charge on any atom is 0.441 e. The van der Waals surface area contributed by atoms with Crippen molar-refractivity contribution in [2.75, 3.05) is 17.6 Å². The zero-order valence-corrected chi connectivity index (χ0v) is 8.46. The Morgan fingerprint density at radius 3 is 2.27 bits per heavy atom. The van der Waals surface area contributed by atoms with Crippen molar-refractivity contribution in [1.82, 2.24) is 0 Å². The molecule has 0 atom stereocenters. The molecule has 6 heteroatoms. The molecule has 1 aromatic rings. The van der Waals surface area contributed by atoms with Crippen molar-refractivity contribution < 1.29 is 17.6 Å². The van der Waals surface area contributed by atoms with Crippen LogP contribution in [0.15, 0.2) is 24.3 Å². The molecule has 0 amide bonds. The predicted octanol–water partition coefficient (Wildman–Crippen LogP) is 3.49. The van der Waals surface area contributed by atoms with Gasteiger partial charge in [-0.05, 0) is 36.0 Å². The number of benzene rings is 1. The second kappa shape index (κ2) is 5.25. The maximum atomic E-state index is 12.5. The van der Waals surface area contributed by atoms with E-state index >= 15 is 0 Å². The fraction of sp³-hybridized carbons (Fsp3) is 0.333. The van der Waals surface area contributed by atoms with Gasteiger partial charge < -0.3 is 5.32 Å². The van der Waals surface area contributed by atoms with E-state index in [2.05, 4.69) is 5.32 Å². The van der Waals surface area contributed by atoms with Gasteiger partial charge in [0.1, 0.15) is 5.82 Å². The van der Waals surface area contributed by atoms with Gasteiger partial charge in [-0.25, -0.2) is 4.39 Å². The Morgan fingerprint density at radius 2 is 1.73 bits per heavy atom. The maximum absolute atomic E-state index is 12.5. The van der Waals surface area contributed by atoms with Gasteiger partial charge in [0, 0.05) is 18.0 Å². The molecule has 1 aromatic carbocycles. The van der Waals surface area contributed by atoms with Crippen molar-refractivity contribution in [3.8, 4) is 0 Å². The van der Waals surface area contributed by atoms with Gasteiger partial charge in [-0.2, -0.15) is 13.2 Å². The molecule has 0 aromatic heterocycles. The molecule has 0 bridgehead atoms. The number of nitrogens with one attached hydrogen (secondary N) is 1. The van der Waals surface area contributed by atoms with Crippen LogP contribution in [-0.4, -0.2) is 17.8 Å². The molecule has 0 fully saturated rings. The first-order chi connectivity index (χ1) is 6.97. The average molecular weight is 239 g/mol. The minimum atomic E-state index is -4.19. The monoisotopic (exact) mass is 239 g/mol. The Balaban J connectivity index is 2.23. The molecule has 0 aliphatic heterocycles. The summed E-state index contributed by atoms with van der Waals surface area (Å²) in [6.45, 7) is 0.190. The molecule has 0 saturated carbocycles. The molecule has 0 spiro atoms. The quantitative estimate of drug-likeness (QED) is 0.637. The van der Waals surface area contributed by atoms with E-state index in [0.29, 0.717) is 5.69 Å². The van der Waals surface area contributed by atoms with Crippen LogP contribution in [-0.2, 0) is 0 Å². The topological polar surface area (TPSA) is 12.0 Å². The number of alkyl halides is 3. The lowest BCUT2D eigenvalue weighted by Gasteiger charge is -2.07. The Morgan fingerprint density at radius 1 is 1.13 bits per heavy atom. The molecule has 0 radical (unpaired) electrons. The summed E-state index contributed by atoms with van der Waals surface area (Å²) in [7, 11) is 0. The van der Waals surface area contributed by atoms with Gasteiger partial charge in [0.15, 0.2) is 0 Å². The second-order valence-corrected chi connectivity index (χ2v) is 3.89. The van der Waals surface area contributed by atoms with Gasteiger partial charge in [-0.3, -0.25) is 0 Å². The van der Waals surface area contributed by atoms with E-state index in [1.54, 1.807) is 0 Å². The van der Waals surface area contributed by atoms with Crippen LogP contribution in [0.3, 0.4) is 0 Å². The van der Waals surface area contributed by atoms with Crippen LogP contribution in [0.25, 0.3) is 0 Å². The number of hydrogen-bond acceptors (Lipinski definition) is 2. The fourth-order valence-electron chi connectivity index (χ4n) is 0.930. The number of hydrogen-bond donors (Lipinski definition) is 1. The molecule has 1 nitrogen and oxygen atoms in total. The first-order valence-electron chi connectivity index (χ1n) is 4.17. The lowest BCUT2D eigenvalue weighted by molar-refractivity contribution is -0.0327. The van der Waals surface area contributed by atoms with Crippen LogP contribution in [0.5, 0.6) is 0 Å². The molecule has 0 heterocycles. The number of anilines is 1. The van der Waals surface area contributed by atoms with Crippen molar-refractivity contribution in [1.29, 1.82) is 0 Å². The molecular weight excluding hydrogens is 230 g/mol. The summed E-state index contributed by atoms with van der Waals surface area (Å²) < 4.78 is 47.6. The summed E-state index contributed by atoms with van der Waals surface area (Å²) in [4.78, 5) is 0. The lowest BCUT2D eigenvalue weighted by Crippen LogP contribution is -2.09. The highest BCUT2D eigenvalue weighted by Gasteiger charge is 2.27. The van der Waals surface area contributed by atoms with Crippen LogP contribution < -0.4 is 5.32 Å². The van der Waals surface area contributed by atoms with Gasteiger partial charge >= 0.3 is 5.51 Å². The fourth-order valence-corrected chi connectivity index (χ4v) is 1.37. The zero-order valence-electron chi connectivity index (χ0n) is 7.64. The van der Waals surface area contributed by atoms with E-state index in [4.69, 9.17) is 0 Å². The second-order valence-electron chi connectivity index (χ2n) is 2.73. The third kappa shape index (κ3) is 5.51. The Bertz CT molecular complexity index is 296. The number of rotatable bonds is 4. The standard InChI is InChI=1S/C9H9F4NS/c10-7-1-3-8(4-2-7)14-5-6-15-9(11,12)13/h1-4,14H,5-6H2. The molecule has 84 valence electrons. The highest BCUT2D eigenvalue weighted by Crippen LogP contribution is 2.29. The molecular formula is C9H9F4NS. The molecule has 0 aliphatic rings. The van der Waals surface area contributed by atoms with Crippen molar-refractivity contribution in [2.24, 2.45) is 0 Å². The first-order valence-corrected chi connectivity index (χ1v) is 5.16. The Labute approximate surface area is 88.9 Å². The van der Waals surface area contributed by atoms with Crippen LogP contribution in [0, 0.1) is 5.82 Å². The van der Waals surface area contributed by atoms with Crippen molar-refractivity contribution in [3.05, 3.63) is 30.1 Å². The number of thioether (sulfide) groups is 1. The number of halogens is 4. The SMILES string of the molecule is Fc1ccc(NCCSC(F)(F)F)cc1. The van der Waals surface area contributed by atoms with Crippen LogP contribution in [0.2, 0.25) is 0 Å². The van der Waals surface area contributed by atoms with E-state index in [9.17, 15) is 17.6 Å². The highest BCUT2D eigenvalue weighted by atomic mass is 32.2. The van der Waals surface area contributed by atoms with Crippen molar-refractivity contribution in [2.45, 2.75) is 5.51 Å². The van der Waals surface area contributed by atoms with Crippen molar-refractivity contribution in [3.63, 3.8) is 0 Å². The Hall–Kier alpha value is -0.910. The van der Waals surface area contributed by atoms with Crippen LogP contribution in [0.4, 0.5) is 23.2 Å². The first kappa shape index (κ1) is 12.2. The van der Waals surface area contributed by atoms with Gasteiger partial charge in [0.25, 0.3) is 0 Å². The van der Waals surface area contributed by atoms with Crippen LogP contribution in [0.1, 0.15) is 0 Å². The summed E-state index contributed by atoms with van der Waals surface area (Å²) in [5.41, 5.74) is -3.58. The Kier molecular flexibility index (Phi) is 4.26. The minimum absolute atomic E-state index is 0.0686. The molecule has 15 heavy (non-hydrogen) atoms. The minimum Gasteiger partial charge on any atom is -0.384 e. The van der Waals surface area contributed by atoms with E-state index in [1.807, 2.05) is 0 Å². The van der Waals surface area contributed by atoms with Gasteiger partial charge in [-0.15, -0.1) is 0 Å². The lowest BCUT2D eigenvalue weighted by atomic mass is 10.3. The van der Waals surface area contributed by atoms with Gasteiger partial charge in [0.2, 0.25) is 0 Å².